The van der Waals surface area contributed by atoms with Crippen LogP contribution >= 0.6 is 0 Å². The predicted octanol–water partition coefficient (Wildman–Crippen LogP) is 3.86. The number of hydrogen-bond acceptors (Lipinski definition) is 5. The third kappa shape index (κ3) is 3.24. The van der Waals surface area contributed by atoms with Crippen LogP contribution in [0.15, 0.2) is 48.8 Å². The summed E-state index contributed by atoms with van der Waals surface area (Å²) in [6.45, 7) is 1.90. The maximum absolute atomic E-state index is 13.1. The normalized spacial score (nSPS) is 13.6. The first-order valence-electron chi connectivity index (χ1n) is 9.63. The van der Waals surface area contributed by atoms with Gasteiger partial charge in [-0.15, -0.1) is 0 Å². The molecule has 1 aliphatic carbocycles. The Balaban J connectivity index is 1.47. The van der Waals surface area contributed by atoms with Crippen molar-refractivity contribution in [3.63, 3.8) is 0 Å². The Labute approximate surface area is 167 Å². The zero-order valence-corrected chi connectivity index (χ0v) is 16.3. The van der Waals surface area contributed by atoms with Gasteiger partial charge >= 0.3 is 0 Å². The lowest BCUT2D eigenvalue weighted by atomic mass is 10.1. The summed E-state index contributed by atoms with van der Waals surface area (Å²) >= 11 is 0. The maximum atomic E-state index is 13.1. The molecule has 0 spiro atoms. The average molecular weight is 384 g/mol. The summed E-state index contributed by atoms with van der Waals surface area (Å²) in [6, 6.07) is 11.6. The highest BCUT2D eigenvalue weighted by atomic mass is 16.1. The minimum atomic E-state index is -0.202. The third-order valence-corrected chi connectivity index (χ3v) is 5.17. The molecule has 1 N–H and O–H groups in total. The molecule has 144 valence electrons. The number of hydrogen-bond donors (Lipinski definition) is 1. The Morgan fingerprint density at radius 2 is 1.86 bits per heavy atom. The SMILES string of the molecule is Cc1nn(C)c2nc(C3CC3)cc(C(=O)Nc3cnc(-c4ccccc4)nc3)c12. The van der Waals surface area contributed by atoms with Crippen molar-refractivity contribution in [2.45, 2.75) is 25.7 Å². The first-order valence-corrected chi connectivity index (χ1v) is 9.63. The zero-order valence-electron chi connectivity index (χ0n) is 16.3. The molecule has 7 nitrogen and oxygen atoms in total. The van der Waals surface area contributed by atoms with Crippen molar-refractivity contribution in [3.8, 4) is 11.4 Å². The van der Waals surface area contributed by atoms with E-state index < -0.39 is 0 Å². The van der Waals surface area contributed by atoms with Crippen molar-refractivity contribution in [1.82, 2.24) is 24.7 Å². The summed E-state index contributed by atoms with van der Waals surface area (Å²) in [4.78, 5) is 26.6. The number of carbonyl (C=O) groups is 1. The van der Waals surface area contributed by atoms with E-state index in [9.17, 15) is 4.79 Å². The Bertz CT molecular complexity index is 1210. The molecule has 1 aliphatic rings. The third-order valence-electron chi connectivity index (χ3n) is 5.17. The van der Waals surface area contributed by atoms with Crippen LogP contribution in [0, 0.1) is 6.92 Å². The number of nitrogens with zero attached hydrogens (tertiary/aromatic N) is 5. The lowest BCUT2D eigenvalue weighted by molar-refractivity contribution is 0.102. The molecular formula is C22H20N6O. The average Bonchev–Trinajstić information content (AvgIpc) is 3.55. The highest BCUT2D eigenvalue weighted by Crippen LogP contribution is 2.40. The number of rotatable bonds is 4. The Kier molecular flexibility index (Phi) is 4.08. The summed E-state index contributed by atoms with van der Waals surface area (Å²) in [5.41, 5.74) is 4.57. The minimum Gasteiger partial charge on any atom is -0.319 e. The van der Waals surface area contributed by atoms with Gasteiger partial charge in [0.2, 0.25) is 0 Å². The fourth-order valence-electron chi connectivity index (χ4n) is 3.56. The molecule has 3 aromatic heterocycles. The van der Waals surface area contributed by atoms with E-state index in [1.54, 1.807) is 17.1 Å². The summed E-state index contributed by atoms with van der Waals surface area (Å²) in [6.07, 6.45) is 5.49. The van der Waals surface area contributed by atoms with Gasteiger partial charge in [0.15, 0.2) is 11.5 Å². The standard InChI is InChI=1S/C22H20N6O/c1-13-19-17(10-18(14-8-9-14)26-21(19)28(2)27-13)22(29)25-16-11-23-20(24-12-16)15-6-4-3-5-7-15/h3-7,10-12,14H,8-9H2,1-2H3,(H,25,29). The Hall–Kier alpha value is -3.61. The molecule has 1 amide bonds. The number of amides is 1. The van der Waals surface area contributed by atoms with Gasteiger partial charge in [0.05, 0.1) is 34.7 Å². The van der Waals surface area contributed by atoms with Gasteiger partial charge in [-0.05, 0) is 25.8 Å². The van der Waals surface area contributed by atoms with Crippen molar-refractivity contribution < 1.29 is 4.79 Å². The van der Waals surface area contributed by atoms with Crippen LogP contribution in [0.3, 0.4) is 0 Å². The largest absolute Gasteiger partial charge is 0.319 e. The van der Waals surface area contributed by atoms with Crippen molar-refractivity contribution in [3.05, 3.63) is 65.7 Å². The van der Waals surface area contributed by atoms with Gasteiger partial charge in [0.1, 0.15) is 0 Å². The topological polar surface area (TPSA) is 85.6 Å². The van der Waals surface area contributed by atoms with Crippen molar-refractivity contribution in [1.29, 1.82) is 0 Å². The molecule has 4 aromatic rings. The van der Waals surface area contributed by atoms with Crippen molar-refractivity contribution >= 4 is 22.6 Å². The molecule has 1 aromatic carbocycles. The summed E-state index contributed by atoms with van der Waals surface area (Å²) in [7, 11) is 1.86. The number of carbonyl (C=O) groups excluding carboxylic acids is 1. The minimum absolute atomic E-state index is 0.202. The van der Waals surface area contributed by atoms with E-state index >= 15 is 0 Å². The maximum Gasteiger partial charge on any atom is 0.256 e. The number of anilines is 1. The number of benzene rings is 1. The van der Waals surface area contributed by atoms with Crippen LogP contribution in [0.1, 0.15) is 40.5 Å². The smallest absolute Gasteiger partial charge is 0.256 e. The summed E-state index contributed by atoms with van der Waals surface area (Å²) in [5, 5.41) is 8.17. The molecule has 3 heterocycles. The van der Waals surface area contributed by atoms with Crippen LogP contribution < -0.4 is 5.32 Å². The van der Waals surface area contributed by atoms with E-state index in [0.29, 0.717) is 23.0 Å². The fraction of sp³-hybridized carbons (Fsp3) is 0.227. The fourth-order valence-corrected chi connectivity index (χ4v) is 3.56. The van der Waals surface area contributed by atoms with E-state index in [0.717, 1.165) is 40.8 Å². The summed E-state index contributed by atoms with van der Waals surface area (Å²) < 4.78 is 1.74. The lowest BCUT2D eigenvalue weighted by Gasteiger charge is -2.09. The van der Waals surface area contributed by atoms with Gasteiger partial charge in [-0.3, -0.25) is 9.48 Å². The van der Waals surface area contributed by atoms with E-state index in [1.807, 2.05) is 50.4 Å². The highest BCUT2D eigenvalue weighted by molar-refractivity contribution is 6.12. The van der Waals surface area contributed by atoms with Gasteiger partial charge in [0, 0.05) is 24.2 Å². The second kappa shape index (κ2) is 6.77. The van der Waals surface area contributed by atoms with Crippen LogP contribution in [-0.2, 0) is 7.05 Å². The van der Waals surface area contributed by atoms with Crippen LogP contribution in [0.4, 0.5) is 5.69 Å². The van der Waals surface area contributed by atoms with E-state index in [1.165, 1.54) is 0 Å². The second-order valence-electron chi connectivity index (χ2n) is 7.39. The summed E-state index contributed by atoms with van der Waals surface area (Å²) in [5.74, 6) is 0.857. The van der Waals surface area contributed by atoms with Gasteiger partial charge < -0.3 is 5.32 Å². The van der Waals surface area contributed by atoms with E-state index in [4.69, 9.17) is 4.98 Å². The van der Waals surface area contributed by atoms with Crippen molar-refractivity contribution in [2.24, 2.45) is 7.05 Å². The molecule has 0 unspecified atom stereocenters. The highest BCUT2D eigenvalue weighted by Gasteiger charge is 2.28. The van der Waals surface area contributed by atoms with Gasteiger partial charge in [-0.1, -0.05) is 30.3 Å². The molecule has 29 heavy (non-hydrogen) atoms. The first-order chi connectivity index (χ1) is 14.1. The molecule has 1 saturated carbocycles. The Morgan fingerprint density at radius 3 is 2.55 bits per heavy atom. The molecule has 0 saturated heterocycles. The second-order valence-corrected chi connectivity index (χ2v) is 7.39. The number of aryl methyl sites for hydroxylation is 2. The number of pyridine rings is 1. The Morgan fingerprint density at radius 1 is 1.14 bits per heavy atom. The predicted molar refractivity (Wildman–Crippen MR) is 111 cm³/mol. The van der Waals surface area contributed by atoms with Gasteiger partial charge in [-0.25, -0.2) is 15.0 Å². The zero-order chi connectivity index (χ0) is 20.0. The number of aromatic nitrogens is 5. The quantitative estimate of drug-likeness (QED) is 0.577. The number of fused-ring (bicyclic) bond motifs is 1. The molecule has 0 radical (unpaired) electrons. The molecule has 0 aliphatic heterocycles. The molecule has 1 fully saturated rings. The molecule has 7 heteroatoms. The van der Waals surface area contributed by atoms with Crippen LogP contribution in [0.5, 0.6) is 0 Å². The van der Waals surface area contributed by atoms with Crippen molar-refractivity contribution in [2.75, 3.05) is 5.32 Å². The lowest BCUT2D eigenvalue weighted by Crippen LogP contribution is -2.14. The van der Waals surface area contributed by atoms with Gasteiger partial charge in [0.25, 0.3) is 5.91 Å². The first kappa shape index (κ1) is 17.5. The van der Waals surface area contributed by atoms with Crippen LogP contribution in [-0.4, -0.2) is 30.6 Å². The molecule has 0 atom stereocenters. The van der Waals surface area contributed by atoms with E-state index in [-0.39, 0.29) is 5.91 Å². The van der Waals surface area contributed by atoms with Crippen LogP contribution in [0.2, 0.25) is 0 Å². The van der Waals surface area contributed by atoms with Gasteiger partial charge in [-0.2, -0.15) is 5.10 Å². The van der Waals surface area contributed by atoms with E-state index in [2.05, 4.69) is 20.4 Å². The monoisotopic (exact) mass is 384 g/mol. The number of nitrogens with one attached hydrogen (secondary N) is 1. The molecule has 5 rings (SSSR count). The van der Waals surface area contributed by atoms with Crippen LogP contribution in [0.25, 0.3) is 22.4 Å². The molecule has 0 bridgehead atoms. The molecular weight excluding hydrogens is 364 g/mol.